The Morgan fingerprint density at radius 1 is 1.09 bits per heavy atom. The molecule has 23 heavy (non-hydrogen) atoms. The summed E-state index contributed by atoms with van der Waals surface area (Å²) in [6.45, 7) is 3.90. The normalized spacial score (nSPS) is 11.5. The van der Waals surface area contributed by atoms with E-state index in [4.69, 9.17) is 16.6 Å². The second-order valence-electron chi connectivity index (χ2n) is 5.23. The molecule has 0 atom stereocenters. The van der Waals surface area contributed by atoms with Gasteiger partial charge in [-0.25, -0.2) is 0 Å². The van der Waals surface area contributed by atoms with E-state index in [2.05, 4.69) is 15.8 Å². The van der Waals surface area contributed by atoms with Gasteiger partial charge in [-0.05, 0) is 49.8 Å². The molecule has 0 saturated heterocycles. The number of thiocarbonyl (C=S) groups is 1. The molecule has 0 fully saturated rings. The second-order valence-corrected chi connectivity index (χ2v) is 5.63. The molecule has 4 nitrogen and oxygen atoms in total. The van der Waals surface area contributed by atoms with E-state index in [1.807, 2.05) is 68.4 Å². The summed E-state index contributed by atoms with van der Waals surface area (Å²) in [7, 11) is 0. The molecule has 0 spiro atoms. The smallest absolute Gasteiger partial charge is 0.191 e. The number of benzene rings is 2. The van der Waals surface area contributed by atoms with Gasteiger partial charge in [0.25, 0.3) is 0 Å². The number of nitrogens with zero attached hydrogens (tertiary/aromatic N) is 1. The number of hydrazone groups is 1. The highest BCUT2D eigenvalue weighted by Gasteiger charge is 2.06. The van der Waals surface area contributed by atoms with Gasteiger partial charge in [0, 0.05) is 11.1 Å². The van der Waals surface area contributed by atoms with Crippen molar-refractivity contribution in [2.75, 3.05) is 5.32 Å². The maximum Gasteiger partial charge on any atom is 0.191 e. The largest absolute Gasteiger partial charge is 0.455 e. The van der Waals surface area contributed by atoms with Crippen molar-refractivity contribution in [2.45, 2.75) is 13.8 Å². The van der Waals surface area contributed by atoms with Crippen LogP contribution in [-0.2, 0) is 0 Å². The van der Waals surface area contributed by atoms with Crippen LogP contribution in [0.4, 0.5) is 5.69 Å². The fourth-order valence-corrected chi connectivity index (χ4v) is 2.37. The van der Waals surface area contributed by atoms with Gasteiger partial charge in [-0.1, -0.05) is 36.4 Å². The Bertz CT molecular complexity index is 850. The van der Waals surface area contributed by atoms with Crippen LogP contribution in [0.2, 0.25) is 0 Å². The zero-order valence-corrected chi connectivity index (χ0v) is 13.8. The molecule has 1 heterocycles. The van der Waals surface area contributed by atoms with Crippen LogP contribution >= 0.6 is 12.2 Å². The Hall–Kier alpha value is -2.66. The molecule has 0 bridgehead atoms. The van der Waals surface area contributed by atoms with Gasteiger partial charge in [-0.2, -0.15) is 5.10 Å². The molecule has 0 unspecified atom stereocenters. The number of fused-ring (bicyclic) bond motifs is 1. The molecule has 3 aromatic rings. The lowest BCUT2D eigenvalue weighted by atomic mass is 10.2. The first-order valence-corrected chi connectivity index (χ1v) is 7.70. The van der Waals surface area contributed by atoms with Crippen LogP contribution in [0.15, 0.2) is 64.1 Å². The maximum atomic E-state index is 5.77. The van der Waals surface area contributed by atoms with Gasteiger partial charge in [0.05, 0.1) is 0 Å². The number of para-hydroxylation sites is 2. The molecule has 0 saturated carbocycles. The van der Waals surface area contributed by atoms with Gasteiger partial charge in [0.2, 0.25) is 0 Å². The lowest BCUT2D eigenvalue weighted by Crippen LogP contribution is -2.25. The predicted molar refractivity (Wildman–Crippen MR) is 99.0 cm³/mol. The zero-order valence-electron chi connectivity index (χ0n) is 13.0. The first kappa shape index (κ1) is 15.2. The quantitative estimate of drug-likeness (QED) is 0.425. The molecule has 116 valence electrons. The highest BCUT2D eigenvalue weighted by molar-refractivity contribution is 7.80. The van der Waals surface area contributed by atoms with Gasteiger partial charge in [0.15, 0.2) is 10.9 Å². The lowest BCUT2D eigenvalue weighted by molar-refractivity contribution is 0.603. The number of nitrogens with one attached hydrogen (secondary N) is 2. The van der Waals surface area contributed by atoms with Crippen LogP contribution in [0.1, 0.15) is 18.2 Å². The molecule has 0 radical (unpaired) electrons. The molecule has 5 heteroatoms. The van der Waals surface area contributed by atoms with E-state index in [9.17, 15) is 0 Å². The van der Waals surface area contributed by atoms with E-state index < -0.39 is 0 Å². The summed E-state index contributed by atoms with van der Waals surface area (Å²) in [5, 5.41) is 8.90. The summed E-state index contributed by atoms with van der Waals surface area (Å²) in [6.07, 6.45) is 0. The SMILES string of the molecule is CC(=NNC(=S)Nc1ccccc1C)c1cc2ccccc2o1. The first-order valence-electron chi connectivity index (χ1n) is 7.29. The summed E-state index contributed by atoms with van der Waals surface area (Å²) in [5.74, 6) is 0.720. The van der Waals surface area contributed by atoms with Gasteiger partial charge < -0.3 is 9.73 Å². The average molecular weight is 323 g/mol. The monoisotopic (exact) mass is 323 g/mol. The van der Waals surface area contributed by atoms with E-state index in [-0.39, 0.29) is 0 Å². The summed E-state index contributed by atoms with van der Waals surface area (Å²) < 4.78 is 5.77. The van der Waals surface area contributed by atoms with Gasteiger partial charge in [0.1, 0.15) is 11.3 Å². The van der Waals surface area contributed by atoms with Crippen molar-refractivity contribution in [3.05, 3.63) is 65.9 Å². The van der Waals surface area contributed by atoms with E-state index in [1.165, 1.54) is 0 Å². The Balaban J connectivity index is 1.69. The van der Waals surface area contributed by atoms with Crippen LogP contribution in [-0.4, -0.2) is 10.8 Å². The van der Waals surface area contributed by atoms with E-state index >= 15 is 0 Å². The summed E-state index contributed by atoms with van der Waals surface area (Å²) in [5.41, 5.74) is 6.51. The molecule has 0 aliphatic rings. The minimum absolute atomic E-state index is 0.440. The minimum Gasteiger partial charge on any atom is -0.455 e. The lowest BCUT2D eigenvalue weighted by Gasteiger charge is -2.09. The van der Waals surface area contributed by atoms with E-state index in [0.29, 0.717) is 5.11 Å². The molecule has 0 aliphatic carbocycles. The van der Waals surface area contributed by atoms with Crippen LogP contribution in [0, 0.1) is 6.92 Å². The molecule has 0 aliphatic heterocycles. The molecular formula is C18H17N3OS. The summed E-state index contributed by atoms with van der Waals surface area (Å²) in [4.78, 5) is 0. The van der Waals surface area contributed by atoms with Gasteiger partial charge >= 0.3 is 0 Å². The molecule has 1 aromatic heterocycles. The fraction of sp³-hybridized carbons (Fsp3) is 0.111. The van der Waals surface area contributed by atoms with Crippen molar-refractivity contribution in [1.29, 1.82) is 0 Å². The van der Waals surface area contributed by atoms with Crippen LogP contribution in [0.3, 0.4) is 0 Å². The minimum atomic E-state index is 0.440. The zero-order chi connectivity index (χ0) is 16.2. The van der Waals surface area contributed by atoms with Crippen molar-refractivity contribution in [3.63, 3.8) is 0 Å². The second kappa shape index (κ2) is 6.62. The van der Waals surface area contributed by atoms with Crippen molar-refractivity contribution in [1.82, 2.24) is 5.43 Å². The van der Waals surface area contributed by atoms with Crippen LogP contribution in [0.5, 0.6) is 0 Å². The van der Waals surface area contributed by atoms with Crippen molar-refractivity contribution in [2.24, 2.45) is 5.10 Å². The summed E-state index contributed by atoms with van der Waals surface area (Å²) in [6, 6.07) is 17.8. The van der Waals surface area contributed by atoms with E-state index in [1.54, 1.807) is 0 Å². The topological polar surface area (TPSA) is 49.6 Å². The third-order valence-electron chi connectivity index (χ3n) is 3.50. The predicted octanol–water partition coefficient (Wildman–Crippen LogP) is 4.45. The Kier molecular flexibility index (Phi) is 4.39. The summed E-state index contributed by atoms with van der Waals surface area (Å²) >= 11 is 5.27. The van der Waals surface area contributed by atoms with Crippen molar-refractivity contribution < 1.29 is 4.42 Å². The Labute approximate surface area is 140 Å². The highest BCUT2D eigenvalue weighted by Crippen LogP contribution is 2.19. The molecule has 0 amide bonds. The number of anilines is 1. The number of hydrogen-bond donors (Lipinski definition) is 2. The average Bonchev–Trinajstić information content (AvgIpc) is 2.99. The third-order valence-corrected chi connectivity index (χ3v) is 3.69. The van der Waals surface area contributed by atoms with Crippen molar-refractivity contribution in [3.8, 4) is 0 Å². The number of aryl methyl sites for hydroxylation is 1. The Morgan fingerprint density at radius 2 is 1.83 bits per heavy atom. The van der Waals surface area contributed by atoms with E-state index in [0.717, 1.165) is 33.7 Å². The molecule has 2 aromatic carbocycles. The van der Waals surface area contributed by atoms with Gasteiger partial charge in [-0.15, -0.1) is 0 Å². The maximum absolute atomic E-state index is 5.77. The molecule has 2 N–H and O–H groups in total. The number of furan rings is 1. The van der Waals surface area contributed by atoms with Crippen molar-refractivity contribution >= 4 is 39.7 Å². The number of rotatable bonds is 3. The highest BCUT2D eigenvalue weighted by atomic mass is 32.1. The Morgan fingerprint density at radius 3 is 2.61 bits per heavy atom. The first-order chi connectivity index (χ1) is 11.1. The standard InChI is InChI=1S/C18H17N3OS/c1-12-7-3-5-9-15(12)19-18(23)21-20-13(2)17-11-14-8-4-6-10-16(14)22-17/h3-11H,1-2H3,(H2,19,21,23). The molecule has 3 rings (SSSR count). The van der Waals surface area contributed by atoms with Crippen LogP contribution in [0.25, 0.3) is 11.0 Å². The van der Waals surface area contributed by atoms with Gasteiger partial charge in [-0.3, -0.25) is 5.43 Å². The van der Waals surface area contributed by atoms with Crippen LogP contribution < -0.4 is 10.7 Å². The fourth-order valence-electron chi connectivity index (χ4n) is 2.21. The third kappa shape index (κ3) is 3.57. The molecular weight excluding hydrogens is 306 g/mol. The number of hydrogen-bond acceptors (Lipinski definition) is 3.